The van der Waals surface area contributed by atoms with Gasteiger partial charge in [-0.05, 0) is 42.3 Å². The molecule has 120 valence electrons. The fourth-order valence-electron chi connectivity index (χ4n) is 1.67. The molecule has 0 N–H and O–H groups in total. The average Bonchev–Trinajstić information content (AvgIpc) is 2.55. The molecule has 0 aliphatic rings. The zero-order valence-corrected chi connectivity index (χ0v) is 12.8. The SMILES string of the molecule is COc1ccc(C#CN=S(=O)(c2ccccc2)C(F)(F)F)cc1. The molecule has 0 aromatic heterocycles. The van der Waals surface area contributed by atoms with E-state index in [1.807, 2.05) is 6.04 Å². The molecule has 2 aromatic rings. The Morgan fingerprint density at radius 1 is 1.04 bits per heavy atom. The monoisotopic (exact) mass is 339 g/mol. The Balaban J connectivity index is 2.44. The van der Waals surface area contributed by atoms with Crippen LogP contribution in [0.3, 0.4) is 0 Å². The first kappa shape index (κ1) is 16.9. The molecule has 0 bridgehead atoms. The molecule has 1 unspecified atom stereocenters. The van der Waals surface area contributed by atoms with Crippen LogP contribution in [0.1, 0.15) is 5.56 Å². The second-order valence-corrected chi connectivity index (χ2v) is 6.51. The maximum absolute atomic E-state index is 13.2. The van der Waals surface area contributed by atoms with Crippen molar-refractivity contribution in [3.63, 3.8) is 0 Å². The smallest absolute Gasteiger partial charge is 0.484 e. The van der Waals surface area contributed by atoms with Gasteiger partial charge in [-0.2, -0.15) is 13.2 Å². The number of benzene rings is 2. The van der Waals surface area contributed by atoms with Crippen molar-refractivity contribution < 1.29 is 22.1 Å². The predicted octanol–water partition coefficient (Wildman–Crippen LogP) is 4.05. The summed E-state index contributed by atoms with van der Waals surface area (Å²) in [5.74, 6) is 3.04. The molecule has 0 saturated heterocycles. The molecule has 3 nitrogen and oxygen atoms in total. The van der Waals surface area contributed by atoms with Crippen LogP contribution >= 0.6 is 0 Å². The van der Waals surface area contributed by atoms with Crippen LogP contribution in [0.2, 0.25) is 0 Å². The number of hydrogen-bond donors (Lipinski definition) is 0. The topological polar surface area (TPSA) is 38.7 Å². The largest absolute Gasteiger partial charge is 0.497 e. The quantitative estimate of drug-likeness (QED) is 0.774. The van der Waals surface area contributed by atoms with Gasteiger partial charge in [-0.3, -0.25) is 0 Å². The first-order chi connectivity index (χ1) is 10.9. The van der Waals surface area contributed by atoms with Crippen LogP contribution in [0.5, 0.6) is 5.75 Å². The second kappa shape index (κ2) is 6.75. The zero-order chi connectivity index (χ0) is 16.9. The Hall–Kier alpha value is -2.46. The minimum Gasteiger partial charge on any atom is -0.497 e. The number of ether oxygens (including phenoxy) is 1. The van der Waals surface area contributed by atoms with Gasteiger partial charge in [-0.1, -0.05) is 18.2 Å². The molecule has 0 fully saturated rings. The van der Waals surface area contributed by atoms with Gasteiger partial charge in [0, 0.05) is 5.56 Å². The summed E-state index contributed by atoms with van der Waals surface area (Å²) in [5, 5.41) is 0. The Bertz CT molecular complexity index is 841. The lowest BCUT2D eigenvalue weighted by molar-refractivity contribution is -0.0402. The number of nitrogens with zero attached hydrogens (tertiary/aromatic N) is 1. The molecular formula is C16H12F3NO2S. The number of halogens is 3. The van der Waals surface area contributed by atoms with E-state index >= 15 is 0 Å². The summed E-state index contributed by atoms with van der Waals surface area (Å²) in [4.78, 5) is -0.420. The van der Waals surface area contributed by atoms with Gasteiger partial charge in [0.2, 0.25) is 0 Å². The Kier molecular flexibility index (Phi) is 4.96. The highest BCUT2D eigenvalue weighted by atomic mass is 32.2. The first-order valence-corrected chi connectivity index (χ1v) is 7.91. The van der Waals surface area contributed by atoms with Gasteiger partial charge in [-0.25, -0.2) is 4.21 Å². The van der Waals surface area contributed by atoms with E-state index in [4.69, 9.17) is 4.74 Å². The normalized spacial score (nSPS) is 13.4. The molecule has 1 atom stereocenters. The van der Waals surface area contributed by atoms with Crippen LogP contribution in [0.15, 0.2) is 63.9 Å². The Morgan fingerprint density at radius 3 is 2.17 bits per heavy atom. The third-order valence-electron chi connectivity index (χ3n) is 2.84. The van der Waals surface area contributed by atoms with E-state index in [-0.39, 0.29) is 0 Å². The van der Waals surface area contributed by atoms with Gasteiger partial charge in [0.25, 0.3) is 0 Å². The Morgan fingerprint density at radius 2 is 1.65 bits per heavy atom. The van der Waals surface area contributed by atoms with Crippen molar-refractivity contribution in [2.75, 3.05) is 7.11 Å². The lowest BCUT2D eigenvalue weighted by Gasteiger charge is -2.11. The molecule has 0 aliphatic heterocycles. The van der Waals surface area contributed by atoms with Crippen molar-refractivity contribution in [1.29, 1.82) is 0 Å². The van der Waals surface area contributed by atoms with Crippen LogP contribution in [0.4, 0.5) is 13.2 Å². The van der Waals surface area contributed by atoms with E-state index in [9.17, 15) is 17.4 Å². The van der Waals surface area contributed by atoms with E-state index in [0.29, 0.717) is 11.3 Å². The molecule has 7 heteroatoms. The van der Waals surface area contributed by atoms with Gasteiger partial charge in [-0.15, -0.1) is 4.36 Å². The maximum atomic E-state index is 13.2. The van der Waals surface area contributed by atoms with Crippen LogP contribution in [-0.2, 0) is 9.73 Å². The van der Waals surface area contributed by atoms with Gasteiger partial charge in [0.05, 0.1) is 18.0 Å². The van der Waals surface area contributed by atoms with Gasteiger partial charge in [0.15, 0.2) is 9.73 Å². The molecule has 23 heavy (non-hydrogen) atoms. The Labute approximate surface area is 132 Å². The van der Waals surface area contributed by atoms with E-state index < -0.39 is 20.1 Å². The highest BCUT2D eigenvalue weighted by Gasteiger charge is 2.44. The second-order valence-electron chi connectivity index (χ2n) is 4.34. The number of rotatable bonds is 2. The van der Waals surface area contributed by atoms with E-state index in [0.717, 1.165) is 12.1 Å². The standard InChI is InChI=1S/C16H12F3NO2S/c1-22-14-9-7-13(8-10-14)11-12-20-23(21,16(17,18)19)15-5-3-2-4-6-15/h2-10H,1H3. The number of hydrogen-bond acceptors (Lipinski definition) is 3. The van der Waals surface area contributed by atoms with Gasteiger partial charge < -0.3 is 4.74 Å². The molecule has 0 amide bonds. The van der Waals surface area contributed by atoms with Crippen molar-refractivity contribution in [2.24, 2.45) is 4.36 Å². The summed E-state index contributed by atoms with van der Waals surface area (Å²) < 4.78 is 59.9. The van der Waals surface area contributed by atoms with Crippen molar-refractivity contribution in [2.45, 2.75) is 10.4 Å². The summed E-state index contributed by atoms with van der Waals surface area (Å²) in [6, 6.07) is 14.9. The molecule has 0 heterocycles. The summed E-state index contributed by atoms with van der Waals surface area (Å²) in [6.07, 6.45) is 0. The predicted molar refractivity (Wildman–Crippen MR) is 81.2 cm³/mol. The van der Waals surface area contributed by atoms with Crippen LogP contribution in [0.25, 0.3) is 0 Å². The van der Waals surface area contributed by atoms with Crippen molar-refractivity contribution in [1.82, 2.24) is 0 Å². The van der Waals surface area contributed by atoms with Crippen molar-refractivity contribution >= 4 is 9.73 Å². The highest BCUT2D eigenvalue weighted by Crippen LogP contribution is 2.32. The third-order valence-corrected chi connectivity index (χ3v) is 4.73. The molecule has 2 aromatic carbocycles. The zero-order valence-electron chi connectivity index (χ0n) is 12.0. The summed E-state index contributed by atoms with van der Waals surface area (Å²) in [7, 11) is -3.15. The van der Waals surface area contributed by atoms with Crippen molar-refractivity contribution in [3.8, 4) is 17.7 Å². The van der Waals surface area contributed by atoms with Crippen LogP contribution in [0, 0.1) is 12.0 Å². The fraction of sp³-hybridized carbons (Fsp3) is 0.125. The van der Waals surface area contributed by atoms with Gasteiger partial charge in [0.1, 0.15) is 5.75 Å². The molecule has 0 aliphatic carbocycles. The van der Waals surface area contributed by atoms with Gasteiger partial charge >= 0.3 is 5.51 Å². The lowest BCUT2D eigenvalue weighted by atomic mass is 10.2. The summed E-state index contributed by atoms with van der Waals surface area (Å²) in [5.41, 5.74) is -4.57. The maximum Gasteiger partial charge on any atom is 0.484 e. The average molecular weight is 339 g/mol. The highest BCUT2D eigenvalue weighted by molar-refractivity contribution is 7.94. The first-order valence-electron chi connectivity index (χ1n) is 6.39. The van der Waals surface area contributed by atoms with E-state index in [1.165, 1.54) is 25.3 Å². The third kappa shape index (κ3) is 3.85. The molecule has 0 radical (unpaired) electrons. The van der Waals surface area contributed by atoms with Crippen molar-refractivity contribution in [3.05, 3.63) is 60.2 Å². The van der Waals surface area contributed by atoms with Crippen LogP contribution < -0.4 is 4.74 Å². The molecular weight excluding hydrogens is 327 g/mol. The molecule has 0 saturated carbocycles. The minimum atomic E-state index is -5.01. The minimum absolute atomic E-state index is 0.420. The number of methoxy groups -OCH3 is 1. The molecule has 0 spiro atoms. The molecule has 2 rings (SSSR count). The fourth-order valence-corrected chi connectivity index (χ4v) is 2.85. The summed E-state index contributed by atoms with van der Waals surface area (Å²) >= 11 is 0. The van der Waals surface area contributed by atoms with E-state index in [2.05, 4.69) is 10.3 Å². The van der Waals surface area contributed by atoms with Crippen LogP contribution in [-0.4, -0.2) is 16.8 Å². The lowest BCUT2D eigenvalue weighted by Crippen LogP contribution is -2.22. The summed E-state index contributed by atoms with van der Waals surface area (Å²) in [6.45, 7) is 0. The van der Waals surface area contributed by atoms with E-state index in [1.54, 1.807) is 24.3 Å². The number of alkyl halides is 3.